The van der Waals surface area contributed by atoms with Crippen LogP contribution in [0.2, 0.25) is 0 Å². The van der Waals surface area contributed by atoms with E-state index < -0.39 is 0 Å². The molecule has 2 aromatic carbocycles. The zero-order valence-electron chi connectivity index (χ0n) is 18.1. The number of rotatable bonds is 11. The van der Waals surface area contributed by atoms with Gasteiger partial charge in [-0.2, -0.15) is 0 Å². The maximum absolute atomic E-state index is 6.01. The minimum atomic E-state index is 0.456. The standard InChI is InChI=1S/C23H34N4O2/c1-5-27(6-2)17-20-9-7-19(8-10-20)16-26-23(24)25-14-13-18-11-12-21(28-3)22(15-18)29-4/h7-12,15H,5-6,13-14,16-17H2,1-4H3,(H3,24,25,26). The molecule has 2 aromatic rings. The fraction of sp³-hybridized carbons (Fsp3) is 0.435. The Bertz CT molecular complexity index is 771. The molecule has 0 aliphatic heterocycles. The third-order valence-electron chi connectivity index (χ3n) is 4.92. The van der Waals surface area contributed by atoms with Crippen LogP contribution in [0, 0.1) is 0 Å². The van der Waals surface area contributed by atoms with Crippen molar-refractivity contribution in [2.45, 2.75) is 33.4 Å². The lowest BCUT2D eigenvalue weighted by atomic mass is 10.1. The highest BCUT2D eigenvalue weighted by Crippen LogP contribution is 2.27. The summed E-state index contributed by atoms with van der Waals surface area (Å²) in [5, 5.41) is 3.17. The molecule has 0 aliphatic carbocycles. The van der Waals surface area contributed by atoms with Gasteiger partial charge in [0.1, 0.15) is 0 Å². The summed E-state index contributed by atoms with van der Waals surface area (Å²) in [7, 11) is 3.27. The molecule has 0 unspecified atom stereocenters. The molecule has 29 heavy (non-hydrogen) atoms. The summed E-state index contributed by atoms with van der Waals surface area (Å²) in [4.78, 5) is 6.83. The van der Waals surface area contributed by atoms with E-state index in [0.29, 0.717) is 19.0 Å². The Hall–Kier alpha value is -2.73. The van der Waals surface area contributed by atoms with Gasteiger partial charge in [-0.15, -0.1) is 0 Å². The Balaban J connectivity index is 1.80. The molecule has 0 aromatic heterocycles. The minimum Gasteiger partial charge on any atom is -0.493 e. The van der Waals surface area contributed by atoms with Crippen LogP contribution in [-0.2, 0) is 19.5 Å². The van der Waals surface area contributed by atoms with Crippen LogP contribution >= 0.6 is 0 Å². The molecule has 0 heterocycles. The van der Waals surface area contributed by atoms with Gasteiger partial charge in [0, 0.05) is 13.1 Å². The van der Waals surface area contributed by atoms with Crippen LogP contribution in [0.4, 0.5) is 0 Å². The molecule has 6 heteroatoms. The molecule has 0 bridgehead atoms. The summed E-state index contributed by atoms with van der Waals surface area (Å²) in [5.74, 6) is 1.92. The molecule has 0 saturated heterocycles. The van der Waals surface area contributed by atoms with Gasteiger partial charge in [-0.3, -0.25) is 4.90 Å². The van der Waals surface area contributed by atoms with Gasteiger partial charge in [0.2, 0.25) is 0 Å². The lowest BCUT2D eigenvalue weighted by molar-refractivity contribution is 0.296. The van der Waals surface area contributed by atoms with Gasteiger partial charge in [0.15, 0.2) is 17.5 Å². The fourth-order valence-corrected chi connectivity index (χ4v) is 3.06. The number of guanidine groups is 1. The second kappa shape index (κ2) is 12.0. The normalized spacial score (nSPS) is 11.6. The number of hydrogen-bond donors (Lipinski definition) is 2. The Morgan fingerprint density at radius 1 is 0.931 bits per heavy atom. The maximum Gasteiger partial charge on any atom is 0.188 e. The largest absolute Gasteiger partial charge is 0.493 e. The average molecular weight is 399 g/mol. The van der Waals surface area contributed by atoms with Gasteiger partial charge in [0.05, 0.1) is 20.8 Å². The Morgan fingerprint density at radius 2 is 1.55 bits per heavy atom. The molecule has 0 spiro atoms. The molecule has 0 saturated carbocycles. The quantitative estimate of drug-likeness (QED) is 0.449. The van der Waals surface area contributed by atoms with Crippen LogP contribution in [0.1, 0.15) is 30.5 Å². The third kappa shape index (κ3) is 7.31. The van der Waals surface area contributed by atoms with Crippen molar-refractivity contribution in [2.75, 3.05) is 33.9 Å². The average Bonchev–Trinajstić information content (AvgIpc) is 2.76. The van der Waals surface area contributed by atoms with Crippen molar-refractivity contribution in [3.05, 3.63) is 59.2 Å². The smallest absolute Gasteiger partial charge is 0.188 e. The van der Waals surface area contributed by atoms with Gasteiger partial charge in [-0.25, -0.2) is 4.99 Å². The van der Waals surface area contributed by atoms with Gasteiger partial charge in [-0.05, 0) is 48.3 Å². The summed E-state index contributed by atoms with van der Waals surface area (Å²) >= 11 is 0. The van der Waals surface area contributed by atoms with Crippen LogP contribution < -0.4 is 20.5 Å². The summed E-state index contributed by atoms with van der Waals surface area (Å²) in [6.07, 6.45) is 0.816. The van der Waals surface area contributed by atoms with E-state index in [1.807, 2.05) is 18.2 Å². The highest BCUT2D eigenvalue weighted by molar-refractivity contribution is 5.77. The van der Waals surface area contributed by atoms with Crippen LogP contribution in [0.3, 0.4) is 0 Å². The molecule has 0 aliphatic rings. The maximum atomic E-state index is 6.01. The van der Waals surface area contributed by atoms with Crippen molar-refractivity contribution >= 4 is 5.96 Å². The van der Waals surface area contributed by atoms with Crippen LogP contribution in [0.25, 0.3) is 0 Å². The SMILES string of the molecule is CCN(CC)Cc1ccc(CN=C(N)NCCc2ccc(OC)c(OC)c2)cc1. The van der Waals surface area contributed by atoms with Gasteiger partial charge in [-0.1, -0.05) is 44.2 Å². The summed E-state index contributed by atoms with van der Waals surface area (Å²) < 4.78 is 10.6. The predicted octanol–water partition coefficient (Wildman–Crippen LogP) is 3.19. The van der Waals surface area contributed by atoms with E-state index >= 15 is 0 Å². The molecular weight excluding hydrogens is 364 g/mol. The van der Waals surface area contributed by atoms with Crippen molar-refractivity contribution in [1.29, 1.82) is 0 Å². The van der Waals surface area contributed by atoms with E-state index in [-0.39, 0.29) is 0 Å². The van der Waals surface area contributed by atoms with Crippen molar-refractivity contribution in [3.8, 4) is 11.5 Å². The lowest BCUT2D eigenvalue weighted by Crippen LogP contribution is -2.33. The summed E-state index contributed by atoms with van der Waals surface area (Å²) in [6.45, 7) is 8.76. The van der Waals surface area contributed by atoms with E-state index in [9.17, 15) is 0 Å². The molecular formula is C23H34N4O2. The molecule has 3 N–H and O–H groups in total. The second-order valence-electron chi connectivity index (χ2n) is 6.85. The lowest BCUT2D eigenvalue weighted by Gasteiger charge is -2.17. The fourth-order valence-electron chi connectivity index (χ4n) is 3.06. The van der Waals surface area contributed by atoms with E-state index in [4.69, 9.17) is 15.2 Å². The highest BCUT2D eigenvalue weighted by Gasteiger charge is 2.05. The zero-order valence-corrected chi connectivity index (χ0v) is 18.1. The van der Waals surface area contributed by atoms with Gasteiger partial charge >= 0.3 is 0 Å². The zero-order chi connectivity index (χ0) is 21.1. The van der Waals surface area contributed by atoms with E-state index in [1.54, 1.807) is 14.2 Å². The topological polar surface area (TPSA) is 72.1 Å². The van der Waals surface area contributed by atoms with Crippen molar-refractivity contribution in [3.63, 3.8) is 0 Å². The first kappa shape index (κ1) is 22.6. The van der Waals surface area contributed by atoms with Crippen LogP contribution in [0.15, 0.2) is 47.5 Å². The van der Waals surface area contributed by atoms with Gasteiger partial charge < -0.3 is 20.5 Å². The second-order valence-corrected chi connectivity index (χ2v) is 6.85. The Kier molecular flexibility index (Phi) is 9.31. The number of nitrogens with two attached hydrogens (primary N) is 1. The number of methoxy groups -OCH3 is 2. The Labute approximate surface area is 174 Å². The van der Waals surface area contributed by atoms with Crippen LogP contribution in [0.5, 0.6) is 11.5 Å². The number of hydrogen-bond acceptors (Lipinski definition) is 4. The summed E-state index contributed by atoms with van der Waals surface area (Å²) in [5.41, 5.74) is 9.62. The molecule has 0 radical (unpaired) electrons. The Morgan fingerprint density at radius 3 is 2.17 bits per heavy atom. The number of aliphatic imine (C=N–C) groups is 1. The monoisotopic (exact) mass is 398 g/mol. The van der Waals surface area contributed by atoms with Crippen molar-refractivity contribution < 1.29 is 9.47 Å². The number of benzene rings is 2. The first-order valence-corrected chi connectivity index (χ1v) is 10.1. The number of nitrogens with one attached hydrogen (secondary N) is 1. The molecule has 158 valence electrons. The number of ether oxygens (including phenoxy) is 2. The molecule has 0 amide bonds. The van der Waals surface area contributed by atoms with Crippen molar-refractivity contribution in [2.24, 2.45) is 10.7 Å². The minimum absolute atomic E-state index is 0.456. The van der Waals surface area contributed by atoms with E-state index in [0.717, 1.165) is 48.7 Å². The molecule has 2 rings (SSSR count). The molecule has 0 fully saturated rings. The highest BCUT2D eigenvalue weighted by atomic mass is 16.5. The predicted molar refractivity (Wildman–Crippen MR) is 120 cm³/mol. The third-order valence-corrected chi connectivity index (χ3v) is 4.92. The van der Waals surface area contributed by atoms with E-state index in [2.05, 4.69) is 53.3 Å². The first-order chi connectivity index (χ1) is 14.1. The molecule has 6 nitrogen and oxygen atoms in total. The summed E-state index contributed by atoms with van der Waals surface area (Å²) in [6, 6.07) is 14.5. The van der Waals surface area contributed by atoms with Crippen LogP contribution in [-0.4, -0.2) is 44.7 Å². The first-order valence-electron chi connectivity index (χ1n) is 10.1. The molecule has 0 atom stereocenters. The number of nitrogens with zero attached hydrogens (tertiary/aromatic N) is 2. The van der Waals surface area contributed by atoms with Gasteiger partial charge in [0.25, 0.3) is 0 Å². The van der Waals surface area contributed by atoms with E-state index in [1.165, 1.54) is 5.56 Å². The van der Waals surface area contributed by atoms with Crippen molar-refractivity contribution in [1.82, 2.24) is 10.2 Å².